The number of hydrogen-bond acceptors (Lipinski definition) is 9. The van der Waals surface area contributed by atoms with Gasteiger partial charge in [0, 0.05) is 16.1 Å². The SMILES string of the molecule is COc1ccc(NC(=O)[C@H](OC(=O)c2ccc(Cl)cc2)[C@@H](OC(=O)c2ccc(Cl)cc2)C(=O)O)nn1. The number of aromatic nitrogens is 2. The fraction of sp³-hybridized carbons (Fsp3) is 0.130. The van der Waals surface area contributed by atoms with Crippen LogP contribution in [-0.2, 0) is 19.1 Å². The number of hydrogen-bond donors (Lipinski definition) is 2. The largest absolute Gasteiger partial charge is 0.480 e. The van der Waals surface area contributed by atoms with Gasteiger partial charge in [0.25, 0.3) is 5.91 Å². The molecular formula is C23H17Cl2N3O8. The van der Waals surface area contributed by atoms with Gasteiger partial charge in [-0.25, -0.2) is 14.4 Å². The fourth-order valence-electron chi connectivity index (χ4n) is 2.73. The Kier molecular flexibility index (Phi) is 8.76. The van der Waals surface area contributed by atoms with Crippen molar-refractivity contribution in [1.29, 1.82) is 0 Å². The molecule has 1 amide bonds. The molecule has 0 saturated carbocycles. The Labute approximate surface area is 213 Å². The van der Waals surface area contributed by atoms with Crippen LogP contribution in [0.4, 0.5) is 5.82 Å². The first-order valence-corrected chi connectivity index (χ1v) is 10.8. The van der Waals surface area contributed by atoms with E-state index >= 15 is 0 Å². The van der Waals surface area contributed by atoms with E-state index in [-0.39, 0.29) is 22.8 Å². The number of aliphatic carboxylic acids is 1. The fourth-order valence-corrected chi connectivity index (χ4v) is 2.98. The summed E-state index contributed by atoms with van der Waals surface area (Å²) >= 11 is 11.6. The van der Waals surface area contributed by atoms with Crippen LogP contribution in [0.15, 0.2) is 60.7 Å². The molecule has 2 N–H and O–H groups in total. The van der Waals surface area contributed by atoms with Gasteiger partial charge >= 0.3 is 17.9 Å². The summed E-state index contributed by atoms with van der Waals surface area (Å²) in [6.45, 7) is 0. The first-order valence-electron chi connectivity index (χ1n) is 10.0. The molecule has 3 aromatic rings. The van der Waals surface area contributed by atoms with Crippen molar-refractivity contribution < 1.29 is 38.5 Å². The number of methoxy groups -OCH3 is 1. The van der Waals surface area contributed by atoms with Crippen molar-refractivity contribution in [1.82, 2.24) is 10.2 Å². The molecule has 0 spiro atoms. The third-order valence-electron chi connectivity index (χ3n) is 4.51. The Morgan fingerprint density at radius 3 is 1.69 bits per heavy atom. The second-order valence-corrected chi connectivity index (χ2v) is 7.83. The molecule has 0 saturated heterocycles. The van der Waals surface area contributed by atoms with E-state index in [1.807, 2.05) is 0 Å². The van der Waals surface area contributed by atoms with Crippen molar-refractivity contribution in [3.8, 4) is 5.88 Å². The van der Waals surface area contributed by atoms with E-state index in [4.69, 9.17) is 37.4 Å². The van der Waals surface area contributed by atoms with Crippen molar-refractivity contribution >= 4 is 52.8 Å². The molecule has 1 heterocycles. The van der Waals surface area contributed by atoms with Gasteiger partial charge < -0.3 is 24.6 Å². The van der Waals surface area contributed by atoms with Crippen molar-refractivity contribution in [2.75, 3.05) is 12.4 Å². The molecule has 3 rings (SSSR count). The van der Waals surface area contributed by atoms with Crippen LogP contribution in [0.3, 0.4) is 0 Å². The second kappa shape index (κ2) is 12.0. The molecule has 2 atom stereocenters. The van der Waals surface area contributed by atoms with Crippen LogP contribution in [0.1, 0.15) is 20.7 Å². The number of carbonyl (C=O) groups is 4. The molecule has 0 aliphatic carbocycles. The molecule has 36 heavy (non-hydrogen) atoms. The highest BCUT2D eigenvalue weighted by Gasteiger charge is 2.41. The van der Waals surface area contributed by atoms with Crippen molar-refractivity contribution in [3.05, 3.63) is 81.8 Å². The minimum atomic E-state index is -2.23. The first kappa shape index (κ1) is 26.4. The van der Waals surface area contributed by atoms with Crippen LogP contribution >= 0.6 is 23.2 Å². The third-order valence-corrected chi connectivity index (χ3v) is 5.01. The highest BCUT2D eigenvalue weighted by molar-refractivity contribution is 6.31. The molecule has 0 unspecified atom stereocenters. The Balaban J connectivity index is 1.89. The maximum absolute atomic E-state index is 13.0. The van der Waals surface area contributed by atoms with Crippen molar-refractivity contribution in [2.24, 2.45) is 0 Å². The number of carboxylic acid groups (broad SMARTS) is 1. The van der Waals surface area contributed by atoms with Gasteiger partial charge in [0.2, 0.25) is 18.1 Å². The van der Waals surface area contributed by atoms with E-state index in [1.165, 1.54) is 67.8 Å². The molecule has 0 fully saturated rings. The number of anilines is 1. The molecule has 0 aliphatic rings. The van der Waals surface area contributed by atoms with E-state index < -0.39 is 36.0 Å². The first-order chi connectivity index (χ1) is 17.2. The zero-order chi connectivity index (χ0) is 26.2. The van der Waals surface area contributed by atoms with Crippen LogP contribution in [0, 0.1) is 0 Å². The highest BCUT2D eigenvalue weighted by atomic mass is 35.5. The van der Waals surface area contributed by atoms with Crippen molar-refractivity contribution in [3.63, 3.8) is 0 Å². The number of halogens is 2. The van der Waals surface area contributed by atoms with E-state index in [9.17, 15) is 24.3 Å². The number of esters is 2. The van der Waals surface area contributed by atoms with Crippen LogP contribution in [0.25, 0.3) is 0 Å². The van der Waals surface area contributed by atoms with Gasteiger partial charge in [-0.2, -0.15) is 0 Å². The minimum absolute atomic E-state index is 0.0328. The molecular weight excluding hydrogens is 517 g/mol. The Morgan fingerprint density at radius 2 is 1.28 bits per heavy atom. The zero-order valence-electron chi connectivity index (χ0n) is 18.4. The van der Waals surface area contributed by atoms with E-state index in [2.05, 4.69) is 15.5 Å². The van der Waals surface area contributed by atoms with Crippen LogP contribution in [0.2, 0.25) is 10.0 Å². The van der Waals surface area contributed by atoms with Gasteiger partial charge in [0.1, 0.15) is 0 Å². The lowest BCUT2D eigenvalue weighted by Crippen LogP contribution is -2.48. The normalized spacial score (nSPS) is 12.1. The summed E-state index contributed by atoms with van der Waals surface area (Å²) < 4.78 is 15.1. The number of rotatable bonds is 9. The van der Waals surface area contributed by atoms with Crippen LogP contribution in [0.5, 0.6) is 5.88 Å². The van der Waals surface area contributed by atoms with Gasteiger partial charge in [-0.3, -0.25) is 4.79 Å². The monoisotopic (exact) mass is 533 g/mol. The topological polar surface area (TPSA) is 154 Å². The van der Waals surface area contributed by atoms with Gasteiger partial charge in [-0.1, -0.05) is 23.2 Å². The predicted octanol–water partition coefficient (Wildman–Crippen LogP) is 3.27. The lowest BCUT2D eigenvalue weighted by Gasteiger charge is -2.23. The maximum Gasteiger partial charge on any atom is 0.349 e. The quantitative estimate of drug-likeness (QED) is 0.391. The summed E-state index contributed by atoms with van der Waals surface area (Å²) in [5.41, 5.74) is -0.0792. The van der Waals surface area contributed by atoms with Gasteiger partial charge in [-0.15, -0.1) is 10.2 Å². The average molecular weight is 534 g/mol. The van der Waals surface area contributed by atoms with Crippen LogP contribution < -0.4 is 10.1 Å². The summed E-state index contributed by atoms with van der Waals surface area (Å²) in [6.07, 6.45) is -4.35. The lowest BCUT2D eigenvalue weighted by molar-refractivity contribution is -0.157. The molecule has 0 radical (unpaired) electrons. The molecule has 0 aliphatic heterocycles. The maximum atomic E-state index is 13.0. The second-order valence-electron chi connectivity index (χ2n) is 6.95. The van der Waals surface area contributed by atoms with Crippen molar-refractivity contribution in [2.45, 2.75) is 12.2 Å². The van der Waals surface area contributed by atoms with Gasteiger partial charge in [0.15, 0.2) is 5.82 Å². The number of amides is 1. The van der Waals surface area contributed by atoms with Gasteiger partial charge in [0.05, 0.1) is 18.2 Å². The smallest absolute Gasteiger partial charge is 0.349 e. The van der Waals surface area contributed by atoms with E-state index in [1.54, 1.807) is 0 Å². The number of nitrogens with one attached hydrogen (secondary N) is 1. The Morgan fingerprint density at radius 1 is 0.778 bits per heavy atom. The van der Waals surface area contributed by atoms with E-state index in [0.717, 1.165) is 0 Å². The molecule has 2 aromatic carbocycles. The van der Waals surface area contributed by atoms with E-state index in [0.29, 0.717) is 10.0 Å². The lowest BCUT2D eigenvalue weighted by atomic mass is 10.1. The summed E-state index contributed by atoms with van der Waals surface area (Å²) in [6, 6.07) is 13.5. The summed E-state index contributed by atoms with van der Waals surface area (Å²) in [7, 11) is 1.36. The predicted molar refractivity (Wildman–Crippen MR) is 126 cm³/mol. The summed E-state index contributed by atoms with van der Waals surface area (Å²) in [5.74, 6) is -5.01. The number of ether oxygens (including phenoxy) is 3. The third kappa shape index (κ3) is 6.90. The van der Waals surface area contributed by atoms with Crippen LogP contribution in [-0.4, -0.2) is 58.4 Å². The molecule has 11 nitrogen and oxygen atoms in total. The summed E-state index contributed by atoms with van der Waals surface area (Å²) in [5, 5.41) is 20.1. The molecule has 0 bridgehead atoms. The molecule has 1 aromatic heterocycles. The number of benzene rings is 2. The standard InChI is InChI=1S/C23H17Cl2N3O8/c1-34-17-11-10-16(27-28-17)26-20(29)18(35-22(32)12-2-6-14(24)7-3-12)19(21(30)31)36-23(33)13-4-8-15(25)9-5-13/h2-11,18-19H,1H3,(H,30,31)(H,26,27,29)/t18-,19-/m1/s1. The Hall–Kier alpha value is -4.22. The molecule has 13 heteroatoms. The number of nitrogens with zero attached hydrogens (tertiary/aromatic N) is 2. The highest BCUT2D eigenvalue weighted by Crippen LogP contribution is 2.18. The summed E-state index contributed by atoms with van der Waals surface area (Å²) in [4.78, 5) is 50.3. The zero-order valence-corrected chi connectivity index (χ0v) is 19.9. The Bertz CT molecular complexity index is 1250. The minimum Gasteiger partial charge on any atom is -0.480 e. The van der Waals surface area contributed by atoms with Gasteiger partial charge in [-0.05, 0) is 54.6 Å². The molecule has 186 valence electrons. The number of carboxylic acids is 1. The average Bonchev–Trinajstić information content (AvgIpc) is 2.87. The number of carbonyl (C=O) groups excluding carboxylic acids is 3.